The van der Waals surface area contributed by atoms with Crippen LogP contribution >= 0.6 is 0 Å². The summed E-state index contributed by atoms with van der Waals surface area (Å²) in [5.74, 6) is -1.38. The van der Waals surface area contributed by atoms with Crippen molar-refractivity contribution in [2.75, 3.05) is 6.61 Å². The summed E-state index contributed by atoms with van der Waals surface area (Å²) in [5.41, 5.74) is 3.56. The number of rotatable bonds is 5. The first-order valence-electron chi connectivity index (χ1n) is 9.09. The van der Waals surface area contributed by atoms with Gasteiger partial charge in [-0.2, -0.15) is 0 Å². The number of dihydropyridines is 1. The third-order valence-corrected chi connectivity index (χ3v) is 4.70. The lowest BCUT2D eigenvalue weighted by molar-refractivity contribution is -0.428. The van der Waals surface area contributed by atoms with E-state index in [1.54, 1.807) is 38.1 Å². The monoisotopic (exact) mass is 378 g/mol. The molecule has 0 bridgehead atoms. The third kappa shape index (κ3) is 3.67. The van der Waals surface area contributed by atoms with Crippen molar-refractivity contribution in [2.24, 2.45) is 0 Å². The molecule has 6 heteroatoms. The molecule has 1 aliphatic heterocycles. The van der Waals surface area contributed by atoms with Gasteiger partial charge in [0.05, 0.1) is 17.1 Å². The molecule has 2 aromatic rings. The number of esters is 1. The van der Waals surface area contributed by atoms with E-state index in [4.69, 9.17) is 4.74 Å². The van der Waals surface area contributed by atoms with Gasteiger partial charge in [-0.3, -0.25) is 10.1 Å². The van der Waals surface area contributed by atoms with Crippen LogP contribution in [-0.4, -0.2) is 17.5 Å². The molecule has 6 nitrogen and oxygen atoms in total. The molecule has 144 valence electrons. The Morgan fingerprint density at radius 2 is 1.75 bits per heavy atom. The minimum atomic E-state index is -0.826. The van der Waals surface area contributed by atoms with Crippen molar-refractivity contribution in [2.45, 2.75) is 26.7 Å². The summed E-state index contributed by atoms with van der Waals surface area (Å²) in [7, 11) is 0. The van der Waals surface area contributed by atoms with Crippen molar-refractivity contribution >= 4 is 11.7 Å². The molecule has 0 amide bonds. The van der Waals surface area contributed by atoms with E-state index in [1.165, 1.54) is 0 Å². The number of hydrogen-bond donors (Lipinski definition) is 1. The van der Waals surface area contributed by atoms with Crippen molar-refractivity contribution < 1.29 is 14.5 Å². The maximum absolute atomic E-state index is 12.7. The summed E-state index contributed by atoms with van der Waals surface area (Å²) >= 11 is 0. The molecule has 0 spiro atoms. The number of ether oxygens (including phenoxy) is 1. The second kappa shape index (κ2) is 8.08. The molecule has 28 heavy (non-hydrogen) atoms. The van der Waals surface area contributed by atoms with E-state index < -0.39 is 16.8 Å². The average molecular weight is 378 g/mol. The minimum absolute atomic E-state index is 0.0660. The standard InChI is InChI=1S/C22H22N2O4/c1-4-28-22(25)18-15(3)23-20(17-12-10-14(2)11-13-17)21(24(26)27)19(18)16-8-6-5-7-9-16/h5-13,19,23H,4H2,1-3H3. The maximum Gasteiger partial charge on any atom is 0.336 e. The van der Waals surface area contributed by atoms with Crippen LogP contribution in [-0.2, 0) is 9.53 Å². The fourth-order valence-corrected chi connectivity index (χ4v) is 3.40. The van der Waals surface area contributed by atoms with E-state index in [0.29, 0.717) is 22.5 Å². The molecule has 0 saturated heterocycles. The lowest BCUT2D eigenvalue weighted by Gasteiger charge is -2.27. The Labute approximate surface area is 163 Å². The third-order valence-electron chi connectivity index (χ3n) is 4.70. The van der Waals surface area contributed by atoms with Gasteiger partial charge in [0.15, 0.2) is 0 Å². The predicted octanol–water partition coefficient (Wildman–Crippen LogP) is 4.16. The van der Waals surface area contributed by atoms with Crippen molar-refractivity contribution in [3.8, 4) is 0 Å². The number of hydrogen-bond acceptors (Lipinski definition) is 5. The highest BCUT2D eigenvalue weighted by atomic mass is 16.6. The van der Waals surface area contributed by atoms with Crippen molar-refractivity contribution in [3.05, 3.63) is 98.4 Å². The summed E-state index contributed by atoms with van der Waals surface area (Å²) in [6, 6.07) is 16.5. The van der Waals surface area contributed by atoms with Gasteiger partial charge in [-0.25, -0.2) is 4.79 Å². The van der Waals surface area contributed by atoms with Crippen LogP contribution in [0.15, 0.2) is 71.6 Å². The zero-order valence-corrected chi connectivity index (χ0v) is 16.1. The Bertz CT molecular complexity index is 960. The SMILES string of the molecule is CCOC(=O)C1=C(C)NC(c2ccc(C)cc2)=C([N+](=O)[O-])C1c1ccccc1. The molecule has 0 radical (unpaired) electrons. The zero-order valence-electron chi connectivity index (χ0n) is 16.1. The Kier molecular flexibility index (Phi) is 5.59. The molecule has 1 heterocycles. The summed E-state index contributed by atoms with van der Waals surface area (Å²) < 4.78 is 5.21. The molecule has 1 aliphatic rings. The minimum Gasteiger partial charge on any atom is -0.463 e. The first-order chi connectivity index (χ1) is 13.4. The van der Waals surface area contributed by atoms with Crippen LogP contribution in [0.3, 0.4) is 0 Å². The van der Waals surface area contributed by atoms with E-state index >= 15 is 0 Å². The van der Waals surface area contributed by atoms with Crippen molar-refractivity contribution in [1.82, 2.24) is 5.32 Å². The van der Waals surface area contributed by atoms with Crippen LogP contribution in [0.5, 0.6) is 0 Å². The summed E-state index contributed by atoms with van der Waals surface area (Å²) in [6.45, 7) is 5.60. The van der Waals surface area contributed by atoms with E-state index in [-0.39, 0.29) is 17.9 Å². The van der Waals surface area contributed by atoms with Gasteiger partial charge in [0.25, 0.3) is 5.70 Å². The molecule has 0 aliphatic carbocycles. The van der Waals surface area contributed by atoms with Gasteiger partial charge in [-0.05, 0) is 26.3 Å². The number of nitrogens with zero attached hydrogens (tertiary/aromatic N) is 1. The van der Waals surface area contributed by atoms with E-state index in [9.17, 15) is 14.9 Å². The maximum atomic E-state index is 12.7. The second-order valence-electron chi connectivity index (χ2n) is 6.61. The number of carbonyl (C=O) groups is 1. The van der Waals surface area contributed by atoms with Gasteiger partial charge >= 0.3 is 5.97 Å². The molecule has 0 saturated carbocycles. The van der Waals surface area contributed by atoms with Gasteiger partial charge in [-0.15, -0.1) is 0 Å². The fourth-order valence-electron chi connectivity index (χ4n) is 3.40. The quantitative estimate of drug-likeness (QED) is 0.480. The number of benzene rings is 2. The number of aryl methyl sites for hydroxylation is 1. The van der Waals surface area contributed by atoms with Gasteiger partial charge in [0.1, 0.15) is 11.6 Å². The smallest absolute Gasteiger partial charge is 0.336 e. The highest BCUT2D eigenvalue weighted by Gasteiger charge is 2.42. The molecule has 0 fully saturated rings. The molecule has 1 N–H and O–H groups in total. The Hall–Kier alpha value is -3.41. The number of carbonyl (C=O) groups excluding carboxylic acids is 1. The highest BCUT2D eigenvalue weighted by molar-refractivity contribution is 5.94. The first kappa shape index (κ1) is 19.4. The lowest BCUT2D eigenvalue weighted by atomic mass is 9.83. The van der Waals surface area contributed by atoms with Gasteiger partial charge in [-0.1, -0.05) is 60.2 Å². The van der Waals surface area contributed by atoms with Crippen LogP contribution in [0, 0.1) is 17.0 Å². The summed E-state index contributed by atoms with van der Waals surface area (Å²) in [5, 5.41) is 15.2. The molecule has 3 rings (SSSR count). The van der Waals surface area contributed by atoms with E-state index in [2.05, 4.69) is 5.32 Å². The van der Waals surface area contributed by atoms with Gasteiger partial charge < -0.3 is 10.1 Å². The van der Waals surface area contributed by atoms with Crippen LogP contribution < -0.4 is 5.32 Å². The van der Waals surface area contributed by atoms with E-state index in [0.717, 1.165) is 5.56 Å². The Morgan fingerprint density at radius 1 is 1.11 bits per heavy atom. The molecular weight excluding hydrogens is 356 g/mol. The molecule has 1 atom stereocenters. The van der Waals surface area contributed by atoms with Crippen molar-refractivity contribution in [3.63, 3.8) is 0 Å². The van der Waals surface area contributed by atoms with Crippen LogP contribution in [0.25, 0.3) is 5.70 Å². The summed E-state index contributed by atoms with van der Waals surface area (Å²) in [4.78, 5) is 24.4. The van der Waals surface area contributed by atoms with E-state index in [1.807, 2.05) is 37.3 Å². The molecular formula is C22H22N2O4. The topological polar surface area (TPSA) is 81.5 Å². The predicted molar refractivity (Wildman–Crippen MR) is 107 cm³/mol. The molecule has 1 unspecified atom stereocenters. The average Bonchev–Trinajstić information content (AvgIpc) is 2.68. The normalized spacial score (nSPS) is 16.6. The first-order valence-corrected chi connectivity index (χ1v) is 9.09. The van der Waals surface area contributed by atoms with Crippen LogP contribution in [0.1, 0.15) is 36.5 Å². The second-order valence-corrected chi connectivity index (χ2v) is 6.61. The zero-order chi connectivity index (χ0) is 20.3. The highest BCUT2D eigenvalue weighted by Crippen LogP contribution is 2.41. The lowest BCUT2D eigenvalue weighted by Crippen LogP contribution is -2.31. The van der Waals surface area contributed by atoms with Gasteiger partial charge in [0, 0.05) is 11.3 Å². The van der Waals surface area contributed by atoms with Crippen LogP contribution in [0.2, 0.25) is 0 Å². The molecule has 0 aromatic heterocycles. The molecule has 2 aromatic carbocycles. The van der Waals surface area contributed by atoms with Crippen molar-refractivity contribution in [1.29, 1.82) is 0 Å². The number of allylic oxidation sites excluding steroid dienone is 2. The fraction of sp³-hybridized carbons (Fsp3) is 0.227. The summed E-state index contributed by atoms with van der Waals surface area (Å²) in [6.07, 6.45) is 0. The number of nitrogens with one attached hydrogen (secondary N) is 1. The number of nitro groups is 1. The Balaban J connectivity index is 2.25. The van der Waals surface area contributed by atoms with Crippen LogP contribution in [0.4, 0.5) is 0 Å². The largest absolute Gasteiger partial charge is 0.463 e. The van der Waals surface area contributed by atoms with Gasteiger partial charge in [0.2, 0.25) is 0 Å². The Morgan fingerprint density at radius 3 is 2.32 bits per heavy atom.